The van der Waals surface area contributed by atoms with Crippen LogP contribution in [0, 0.1) is 0 Å². The Bertz CT molecular complexity index is 1730. The molecular weight excluding hydrogens is 745 g/mol. The smallest absolute Gasteiger partial charge is 0.129 e. The minimum Gasteiger partial charge on any atom is -0.493 e. The van der Waals surface area contributed by atoms with Crippen LogP contribution in [0.25, 0.3) is 0 Å². The first-order valence-electron chi connectivity index (χ1n) is 21.6. The van der Waals surface area contributed by atoms with E-state index in [-0.39, 0.29) is 11.6 Å². The molecule has 0 radical (unpaired) electrons. The molecule has 0 aromatic heterocycles. The minimum absolute atomic E-state index is 0.225. The number of rotatable bonds is 14. The first-order chi connectivity index (χ1) is 29.0. The highest BCUT2D eigenvalue weighted by Crippen LogP contribution is 2.39. The van der Waals surface area contributed by atoms with Crippen LogP contribution in [0.2, 0.25) is 0 Å². The summed E-state index contributed by atoms with van der Waals surface area (Å²) in [6.07, 6.45) is 8.94. The van der Waals surface area contributed by atoms with Crippen LogP contribution in [0.3, 0.4) is 0 Å². The van der Waals surface area contributed by atoms with Crippen molar-refractivity contribution in [3.63, 3.8) is 0 Å². The molecule has 4 aromatic carbocycles. The molecule has 316 valence electrons. The third kappa shape index (κ3) is 13.7. The highest BCUT2D eigenvalue weighted by Gasteiger charge is 2.22. The maximum absolute atomic E-state index is 11.6. The highest BCUT2D eigenvalue weighted by molar-refractivity contribution is 5.75. The topological polar surface area (TPSA) is 98.8 Å². The summed E-state index contributed by atoms with van der Waals surface area (Å²) in [5.74, 6) is 3.92. The van der Waals surface area contributed by atoms with Gasteiger partial charge in [0.25, 0.3) is 0 Å². The summed E-state index contributed by atoms with van der Waals surface area (Å²) < 4.78 is 44.5. The van der Waals surface area contributed by atoms with Crippen molar-refractivity contribution in [2.75, 3.05) is 66.1 Å². The minimum atomic E-state index is 0.225. The average molecular weight is 807 g/mol. The summed E-state index contributed by atoms with van der Waals surface area (Å²) >= 11 is 0. The van der Waals surface area contributed by atoms with Gasteiger partial charge in [0.15, 0.2) is 0 Å². The Kier molecular flexibility index (Phi) is 17.7. The lowest BCUT2D eigenvalue weighted by atomic mass is 9.91. The summed E-state index contributed by atoms with van der Waals surface area (Å²) in [4.78, 5) is 23.2. The number of carbonyl (C=O) groups excluding carboxylic acids is 2. The number of hydrogen-bond donors (Lipinski definition) is 0. The van der Waals surface area contributed by atoms with E-state index in [1.165, 1.54) is 0 Å². The molecule has 0 saturated heterocycles. The number of Topliss-reactive ketones (excluding diaryl/α,β-unsaturated/α-hetero) is 2. The molecule has 4 aromatic rings. The molecule has 6 rings (SSSR count). The van der Waals surface area contributed by atoms with Crippen molar-refractivity contribution in [2.45, 2.75) is 90.9 Å². The maximum atomic E-state index is 11.6. The van der Waals surface area contributed by atoms with E-state index in [1.807, 2.05) is 0 Å². The van der Waals surface area contributed by atoms with Gasteiger partial charge >= 0.3 is 0 Å². The van der Waals surface area contributed by atoms with E-state index in [9.17, 15) is 9.59 Å². The number of ketones is 2. The molecule has 9 heteroatoms. The predicted molar refractivity (Wildman–Crippen MR) is 230 cm³/mol. The number of para-hydroxylation sites is 4. The van der Waals surface area contributed by atoms with Gasteiger partial charge in [0.1, 0.15) is 47.8 Å². The van der Waals surface area contributed by atoms with Crippen LogP contribution in [0.1, 0.15) is 110 Å². The molecule has 0 spiro atoms. The predicted octanol–water partition coefficient (Wildman–Crippen LogP) is 9.24. The third-order valence-electron chi connectivity index (χ3n) is 10.8. The molecule has 0 amide bonds. The van der Waals surface area contributed by atoms with Gasteiger partial charge in [-0.2, -0.15) is 0 Å². The van der Waals surface area contributed by atoms with Crippen molar-refractivity contribution in [3.8, 4) is 23.0 Å². The largest absolute Gasteiger partial charge is 0.493 e. The Balaban J connectivity index is 1.44. The molecule has 0 fully saturated rings. The number of benzene rings is 4. The van der Waals surface area contributed by atoms with E-state index >= 15 is 0 Å². The van der Waals surface area contributed by atoms with Crippen LogP contribution in [0.4, 0.5) is 0 Å². The summed E-state index contributed by atoms with van der Waals surface area (Å²) in [6.45, 7) is 7.92. The molecule has 1 heterocycles. The molecule has 59 heavy (non-hydrogen) atoms. The van der Waals surface area contributed by atoms with E-state index in [0.29, 0.717) is 105 Å². The van der Waals surface area contributed by atoms with Gasteiger partial charge in [-0.3, -0.25) is 0 Å². The molecule has 9 nitrogen and oxygen atoms in total. The normalized spacial score (nSPS) is 15.0. The Morgan fingerprint density at radius 2 is 0.729 bits per heavy atom. The number of ether oxygens (including phenoxy) is 7. The van der Waals surface area contributed by atoms with E-state index in [2.05, 4.69) is 72.8 Å². The van der Waals surface area contributed by atoms with Crippen LogP contribution in [-0.4, -0.2) is 77.6 Å². The monoisotopic (exact) mass is 806 g/mol. The summed E-state index contributed by atoms with van der Waals surface area (Å²) in [7, 11) is 0. The Morgan fingerprint density at radius 3 is 1.05 bits per heavy atom. The van der Waals surface area contributed by atoms with E-state index < -0.39 is 0 Å². The Labute approximate surface area is 350 Å². The van der Waals surface area contributed by atoms with Gasteiger partial charge < -0.3 is 42.7 Å². The maximum Gasteiger partial charge on any atom is 0.129 e. The van der Waals surface area contributed by atoms with Crippen molar-refractivity contribution >= 4 is 11.6 Å². The molecule has 1 aliphatic carbocycles. The molecule has 1 aliphatic heterocycles. The number of hydrogen-bond acceptors (Lipinski definition) is 9. The van der Waals surface area contributed by atoms with Gasteiger partial charge in [-0.25, -0.2) is 0 Å². The fraction of sp³-hybridized carbons (Fsp3) is 0.480. The number of unbranched alkanes of at least 4 members (excludes halogenated alkanes) is 4. The zero-order chi connectivity index (χ0) is 41.1. The summed E-state index contributed by atoms with van der Waals surface area (Å²) in [6, 6.07) is 25.7. The lowest BCUT2D eigenvalue weighted by Crippen LogP contribution is -2.16. The average Bonchev–Trinajstić information content (AvgIpc) is 3.21. The van der Waals surface area contributed by atoms with E-state index in [4.69, 9.17) is 33.2 Å². The van der Waals surface area contributed by atoms with Gasteiger partial charge in [0, 0.05) is 38.5 Å². The molecule has 0 N–H and O–H groups in total. The highest BCUT2D eigenvalue weighted by atomic mass is 16.6. The van der Waals surface area contributed by atoms with Crippen molar-refractivity contribution in [3.05, 3.63) is 117 Å². The Hall–Kier alpha value is -4.70. The van der Waals surface area contributed by atoms with Gasteiger partial charge in [-0.1, -0.05) is 72.8 Å². The van der Waals surface area contributed by atoms with Crippen LogP contribution < -0.4 is 18.9 Å². The second-order valence-corrected chi connectivity index (χ2v) is 15.6. The van der Waals surface area contributed by atoms with Gasteiger partial charge in [0.05, 0.1) is 52.9 Å². The SMILES string of the molecule is CC(=O)CCCCCOc1c2cccc1Cc1cccc3c1OCCOCCOCCOCCOc1c(cccc1Cc1cccc(c1OCCCCCC(C)=O)C3)C2. The van der Waals surface area contributed by atoms with Crippen LogP contribution in [0.15, 0.2) is 72.8 Å². The molecule has 0 saturated carbocycles. The van der Waals surface area contributed by atoms with E-state index in [0.717, 1.165) is 106 Å². The van der Waals surface area contributed by atoms with Crippen molar-refractivity contribution < 1.29 is 42.7 Å². The van der Waals surface area contributed by atoms with Gasteiger partial charge in [-0.15, -0.1) is 0 Å². The standard InChI is InChI=1S/C50H62O9/c1-37(51)13-5-3-7-23-56-47-39-15-9-16-40(47)34-44-20-12-22-46-36-42-18-10-17-41(48(42)57-24-8-4-6-14-38(2)52)35-45-21-11-19-43(33-39)49(45)58-31-29-54-27-25-53-26-28-55-30-32-59-50(44)46/h9-12,15-22H,3-8,13-14,23-36H2,1-2H3. The van der Waals surface area contributed by atoms with Crippen molar-refractivity contribution in [1.29, 1.82) is 0 Å². The first-order valence-corrected chi connectivity index (χ1v) is 21.6. The molecule has 2 aliphatic rings. The third-order valence-corrected chi connectivity index (χ3v) is 10.8. The molecule has 10 bridgehead atoms. The van der Waals surface area contributed by atoms with Crippen LogP contribution >= 0.6 is 0 Å². The number of fused-ring (bicyclic) bond motifs is 2. The van der Waals surface area contributed by atoms with E-state index in [1.54, 1.807) is 13.8 Å². The second-order valence-electron chi connectivity index (χ2n) is 15.6. The molecule has 0 unspecified atom stereocenters. The fourth-order valence-electron chi connectivity index (χ4n) is 7.83. The molecule has 0 atom stereocenters. The van der Waals surface area contributed by atoms with Crippen LogP contribution in [0.5, 0.6) is 23.0 Å². The zero-order valence-electron chi connectivity index (χ0n) is 35.2. The molecular formula is C50H62O9. The Morgan fingerprint density at radius 1 is 0.424 bits per heavy atom. The van der Waals surface area contributed by atoms with Gasteiger partial charge in [0.2, 0.25) is 0 Å². The quantitative estimate of drug-likeness (QED) is 0.102. The summed E-state index contributed by atoms with van der Waals surface area (Å²) in [5.41, 5.74) is 8.60. The van der Waals surface area contributed by atoms with Crippen molar-refractivity contribution in [2.24, 2.45) is 0 Å². The second kappa shape index (κ2) is 23.8. The van der Waals surface area contributed by atoms with Crippen LogP contribution in [-0.2, 0) is 49.5 Å². The lowest BCUT2D eigenvalue weighted by Gasteiger charge is -2.23. The fourth-order valence-corrected chi connectivity index (χ4v) is 7.83. The lowest BCUT2D eigenvalue weighted by molar-refractivity contribution is -0.118. The number of carbonyl (C=O) groups is 2. The first kappa shape index (κ1) is 43.9. The zero-order valence-corrected chi connectivity index (χ0v) is 35.2. The summed E-state index contributed by atoms with van der Waals surface area (Å²) in [5, 5.41) is 0. The van der Waals surface area contributed by atoms with Crippen molar-refractivity contribution in [1.82, 2.24) is 0 Å². The van der Waals surface area contributed by atoms with Gasteiger partial charge in [-0.05, 0) is 96.9 Å².